The molecule has 0 radical (unpaired) electrons. The first-order valence-corrected chi connectivity index (χ1v) is 9.30. The molecule has 1 amide bonds. The van der Waals surface area contributed by atoms with E-state index >= 15 is 0 Å². The lowest BCUT2D eigenvalue weighted by atomic mass is 9.99. The maximum Gasteiger partial charge on any atom is 0.223 e. The van der Waals surface area contributed by atoms with Crippen LogP contribution in [-0.2, 0) is 11.2 Å². The molecule has 1 aliphatic rings. The topological polar surface area (TPSA) is 46.1 Å². The molecule has 1 aliphatic heterocycles. The standard InChI is InChI=1S/C18H23N3OS/c1-2-15-5-3-4-12-21(15)18(22)7-6-17-20-16(13-23-17)14-8-10-19-11-9-14/h8-11,13,15H,2-7,12H2,1H3. The van der Waals surface area contributed by atoms with Crippen LogP contribution in [0.2, 0.25) is 0 Å². The highest BCUT2D eigenvalue weighted by molar-refractivity contribution is 7.09. The predicted molar refractivity (Wildman–Crippen MR) is 93.3 cm³/mol. The molecule has 5 heteroatoms. The van der Waals surface area contributed by atoms with Crippen molar-refractivity contribution in [1.82, 2.24) is 14.9 Å². The van der Waals surface area contributed by atoms with Crippen molar-refractivity contribution in [2.75, 3.05) is 6.54 Å². The van der Waals surface area contributed by atoms with E-state index in [9.17, 15) is 4.79 Å². The zero-order chi connectivity index (χ0) is 16.1. The van der Waals surface area contributed by atoms with E-state index in [1.165, 1.54) is 6.42 Å². The number of carbonyl (C=O) groups excluding carboxylic acids is 1. The van der Waals surface area contributed by atoms with Gasteiger partial charge in [0.1, 0.15) is 0 Å². The van der Waals surface area contributed by atoms with Gasteiger partial charge in [0, 0.05) is 48.8 Å². The molecular weight excluding hydrogens is 306 g/mol. The molecule has 4 nitrogen and oxygen atoms in total. The summed E-state index contributed by atoms with van der Waals surface area (Å²) in [6.07, 6.45) is 9.48. The van der Waals surface area contributed by atoms with E-state index < -0.39 is 0 Å². The van der Waals surface area contributed by atoms with Gasteiger partial charge in [-0.1, -0.05) is 6.92 Å². The first-order chi connectivity index (χ1) is 11.3. The predicted octanol–water partition coefficient (Wildman–Crippen LogP) is 3.93. The molecule has 0 saturated carbocycles. The molecule has 1 saturated heterocycles. The van der Waals surface area contributed by atoms with Crippen molar-refractivity contribution < 1.29 is 4.79 Å². The van der Waals surface area contributed by atoms with E-state index in [0.717, 1.165) is 48.5 Å². The van der Waals surface area contributed by atoms with Crippen molar-refractivity contribution in [1.29, 1.82) is 0 Å². The summed E-state index contributed by atoms with van der Waals surface area (Å²) < 4.78 is 0. The average molecular weight is 329 g/mol. The van der Waals surface area contributed by atoms with Gasteiger partial charge >= 0.3 is 0 Å². The monoisotopic (exact) mass is 329 g/mol. The van der Waals surface area contributed by atoms with E-state index in [1.54, 1.807) is 23.7 Å². The first kappa shape index (κ1) is 16.1. The minimum Gasteiger partial charge on any atom is -0.340 e. The largest absolute Gasteiger partial charge is 0.340 e. The zero-order valence-corrected chi connectivity index (χ0v) is 14.4. The molecule has 0 spiro atoms. The summed E-state index contributed by atoms with van der Waals surface area (Å²) >= 11 is 1.64. The highest BCUT2D eigenvalue weighted by Crippen LogP contribution is 2.23. The second-order valence-electron chi connectivity index (χ2n) is 6.01. The lowest BCUT2D eigenvalue weighted by Gasteiger charge is -2.35. The maximum absolute atomic E-state index is 12.5. The molecular formula is C18H23N3OS. The Morgan fingerprint density at radius 1 is 1.35 bits per heavy atom. The van der Waals surface area contributed by atoms with Crippen LogP contribution in [-0.4, -0.2) is 33.4 Å². The summed E-state index contributed by atoms with van der Waals surface area (Å²) in [4.78, 5) is 23.3. The first-order valence-electron chi connectivity index (χ1n) is 8.42. The van der Waals surface area contributed by atoms with Gasteiger partial charge in [0.2, 0.25) is 5.91 Å². The number of likely N-dealkylation sites (tertiary alicyclic amines) is 1. The molecule has 23 heavy (non-hydrogen) atoms. The van der Waals surface area contributed by atoms with Crippen LogP contribution >= 0.6 is 11.3 Å². The van der Waals surface area contributed by atoms with Crippen molar-refractivity contribution >= 4 is 17.2 Å². The van der Waals surface area contributed by atoms with E-state index in [-0.39, 0.29) is 5.91 Å². The fraction of sp³-hybridized carbons (Fsp3) is 0.500. The SMILES string of the molecule is CCC1CCCCN1C(=O)CCc1nc(-c2ccncc2)cs1. The van der Waals surface area contributed by atoms with Crippen LogP contribution in [0.3, 0.4) is 0 Å². The summed E-state index contributed by atoms with van der Waals surface area (Å²) in [6, 6.07) is 4.37. The van der Waals surface area contributed by atoms with Crippen molar-refractivity contribution in [3.05, 3.63) is 34.9 Å². The summed E-state index contributed by atoms with van der Waals surface area (Å²) in [5.41, 5.74) is 2.06. The normalized spacial score (nSPS) is 18.1. The van der Waals surface area contributed by atoms with Crippen LogP contribution < -0.4 is 0 Å². The third-order valence-electron chi connectivity index (χ3n) is 4.50. The minimum absolute atomic E-state index is 0.289. The van der Waals surface area contributed by atoms with Gasteiger partial charge in [0.15, 0.2) is 0 Å². The van der Waals surface area contributed by atoms with E-state index in [1.807, 2.05) is 12.1 Å². The van der Waals surface area contributed by atoms with Crippen molar-refractivity contribution in [3.8, 4) is 11.3 Å². The van der Waals surface area contributed by atoms with Gasteiger partial charge in [-0.05, 0) is 37.8 Å². The Kier molecular flexibility index (Phi) is 5.39. The molecule has 1 atom stereocenters. The van der Waals surface area contributed by atoms with Gasteiger partial charge in [0.05, 0.1) is 10.7 Å². The molecule has 122 valence electrons. The van der Waals surface area contributed by atoms with Gasteiger partial charge in [-0.15, -0.1) is 11.3 Å². The van der Waals surface area contributed by atoms with E-state index in [2.05, 4.69) is 27.2 Å². The van der Waals surface area contributed by atoms with Crippen LogP contribution in [0, 0.1) is 0 Å². The number of nitrogens with zero attached hydrogens (tertiary/aromatic N) is 3. The number of amides is 1. The summed E-state index contributed by atoms with van der Waals surface area (Å²) in [6.45, 7) is 3.11. The molecule has 0 bridgehead atoms. The number of carbonyl (C=O) groups is 1. The molecule has 2 aromatic rings. The van der Waals surface area contributed by atoms with Crippen LogP contribution in [0.4, 0.5) is 0 Å². The Hall–Kier alpha value is -1.75. The molecule has 3 heterocycles. The van der Waals surface area contributed by atoms with Crippen molar-refractivity contribution in [2.45, 2.75) is 51.5 Å². The zero-order valence-electron chi connectivity index (χ0n) is 13.6. The third kappa shape index (κ3) is 3.96. The van der Waals surface area contributed by atoms with Gasteiger partial charge in [-0.3, -0.25) is 9.78 Å². The van der Waals surface area contributed by atoms with Gasteiger partial charge in [-0.2, -0.15) is 0 Å². The number of hydrogen-bond donors (Lipinski definition) is 0. The Balaban J connectivity index is 1.58. The number of aryl methyl sites for hydroxylation is 1. The number of aromatic nitrogens is 2. The summed E-state index contributed by atoms with van der Waals surface area (Å²) in [5.74, 6) is 0.289. The lowest BCUT2D eigenvalue weighted by molar-refractivity contribution is -0.134. The lowest BCUT2D eigenvalue weighted by Crippen LogP contribution is -2.43. The number of thiazole rings is 1. The Morgan fingerprint density at radius 2 is 2.17 bits per heavy atom. The summed E-state index contributed by atoms with van der Waals surface area (Å²) in [7, 11) is 0. The molecule has 1 unspecified atom stereocenters. The maximum atomic E-state index is 12.5. The molecule has 3 rings (SSSR count). The van der Waals surface area contributed by atoms with Crippen LogP contribution in [0.25, 0.3) is 11.3 Å². The molecule has 0 N–H and O–H groups in total. The fourth-order valence-electron chi connectivity index (χ4n) is 3.19. The summed E-state index contributed by atoms with van der Waals surface area (Å²) in [5, 5.41) is 3.10. The molecule has 0 aliphatic carbocycles. The number of hydrogen-bond acceptors (Lipinski definition) is 4. The second kappa shape index (κ2) is 7.68. The van der Waals surface area contributed by atoms with Crippen LogP contribution in [0.5, 0.6) is 0 Å². The average Bonchev–Trinajstić information content (AvgIpc) is 3.09. The van der Waals surface area contributed by atoms with E-state index in [4.69, 9.17) is 0 Å². The second-order valence-corrected chi connectivity index (χ2v) is 6.95. The number of pyridine rings is 1. The molecule has 2 aromatic heterocycles. The fourth-order valence-corrected chi connectivity index (χ4v) is 4.00. The van der Waals surface area contributed by atoms with Gasteiger partial charge in [-0.25, -0.2) is 4.98 Å². The van der Waals surface area contributed by atoms with E-state index in [0.29, 0.717) is 12.5 Å². The Morgan fingerprint density at radius 3 is 2.96 bits per heavy atom. The number of piperidine rings is 1. The molecule has 0 aromatic carbocycles. The number of rotatable bonds is 5. The highest BCUT2D eigenvalue weighted by Gasteiger charge is 2.24. The van der Waals surface area contributed by atoms with Crippen LogP contribution in [0.1, 0.15) is 44.0 Å². The van der Waals surface area contributed by atoms with Crippen LogP contribution in [0.15, 0.2) is 29.9 Å². The Bertz CT molecular complexity index is 641. The van der Waals surface area contributed by atoms with Gasteiger partial charge < -0.3 is 4.90 Å². The smallest absolute Gasteiger partial charge is 0.223 e. The third-order valence-corrected chi connectivity index (χ3v) is 5.41. The highest BCUT2D eigenvalue weighted by atomic mass is 32.1. The quantitative estimate of drug-likeness (QED) is 0.835. The van der Waals surface area contributed by atoms with Crippen molar-refractivity contribution in [2.24, 2.45) is 0 Å². The minimum atomic E-state index is 0.289. The molecule has 1 fully saturated rings. The van der Waals surface area contributed by atoms with Crippen molar-refractivity contribution in [3.63, 3.8) is 0 Å². The Labute approximate surface area is 141 Å². The van der Waals surface area contributed by atoms with Gasteiger partial charge in [0.25, 0.3) is 0 Å².